The van der Waals surface area contributed by atoms with E-state index in [1.807, 2.05) is 0 Å². The van der Waals surface area contributed by atoms with Crippen LogP contribution in [0.5, 0.6) is 0 Å². The number of benzene rings is 1. The summed E-state index contributed by atoms with van der Waals surface area (Å²) in [5, 5.41) is 3.48. The summed E-state index contributed by atoms with van der Waals surface area (Å²) in [5.41, 5.74) is 4.30. The number of fused-ring (bicyclic) bond motifs is 1. The molecular formula is C17H26N2. The fourth-order valence-corrected chi connectivity index (χ4v) is 3.54. The molecule has 19 heavy (non-hydrogen) atoms. The molecule has 1 aromatic carbocycles. The Morgan fingerprint density at radius 1 is 1.21 bits per heavy atom. The van der Waals surface area contributed by atoms with Gasteiger partial charge in [-0.25, -0.2) is 0 Å². The van der Waals surface area contributed by atoms with Gasteiger partial charge in [0.05, 0.1) is 0 Å². The molecule has 1 saturated carbocycles. The van der Waals surface area contributed by atoms with Crippen molar-refractivity contribution in [1.29, 1.82) is 0 Å². The molecule has 2 heteroatoms. The molecule has 0 amide bonds. The molecule has 1 heterocycles. The lowest BCUT2D eigenvalue weighted by molar-refractivity contribution is 0.164. The van der Waals surface area contributed by atoms with Gasteiger partial charge in [-0.1, -0.05) is 19.1 Å². The zero-order valence-corrected chi connectivity index (χ0v) is 12.3. The highest BCUT2D eigenvalue weighted by molar-refractivity contribution is 5.57. The van der Waals surface area contributed by atoms with Crippen LogP contribution in [0.25, 0.3) is 0 Å². The molecule has 1 aliphatic carbocycles. The number of hydrogen-bond acceptors (Lipinski definition) is 2. The van der Waals surface area contributed by atoms with Crippen LogP contribution in [-0.2, 0) is 13.0 Å². The van der Waals surface area contributed by atoms with Gasteiger partial charge in [0.1, 0.15) is 0 Å². The van der Waals surface area contributed by atoms with Gasteiger partial charge in [-0.15, -0.1) is 0 Å². The summed E-state index contributed by atoms with van der Waals surface area (Å²) in [6.07, 6.45) is 6.75. The van der Waals surface area contributed by atoms with Crippen LogP contribution in [0.4, 0.5) is 5.69 Å². The Morgan fingerprint density at radius 2 is 2.00 bits per heavy atom. The second-order valence-electron chi connectivity index (χ2n) is 6.50. The van der Waals surface area contributed by atoms with Crippen LogP contribution in [0, 0.1) is 5.92 Å². The van der Waals surface area contributed by atoms with Gasteiger partial charge >= 0.3 is 0 Å². The topological polar surface area (TPSA) is 15.3 Å². The van der Waals surface area contributed by atoms with Crippen molar-refractivity contribution in [3.63, 3.8) is 0 Å². The van der Waals surface area contributed by atoms with Crippen molar-refractivity contribution < 1.29 is 0 Å². The third-order valence-electron chi connectivity index (χ3n) is 4.92. The number of rotatable bonds is 3. The lowest BCUT2D eigenvalue weighted by Gasteiger charge is -2.33. The van der Waals surface area contributed by atoms with Gasteiger partial charge in [0, 0.05) is 24.8 Å². The monoisotopic (exact) mass is 258 g/mol. The fourth-order valence-electron chi connectivity index (χ4n) is 3.54. The van der Waals surface area contributed by atoms with E-state index in [0.29, 0.717) is 0 Å². The Labute approximate surface area is 117 Å². The zero-order valence-electron chi connectivity index (χ0n) is 12.3. The van der Waals surface area contributed by atoms with E-state index >= 15 is 0 Å². The normalized spacial score (nSPS) is 26.3. The molecule has 104 valence electrons. The van der Waals surface area contributed by atoms with Crippen molar-refractivity contribution in [2.45, 2.75) is 51.6 Å². The highest BCUT2D eigenvalue weighted by Crippen LogP contribution is 2.28. The first-order chi connectivity index (χ1) is 9.22. The standard InChI is InChI=1S/C17H26N2/c1-13-3-7-16(8-4-13)19(2)12-14-5-6-15-9-10-18-17(15)11-14/h5-6,11,13,16,18H,3-4,7-10,12H2,1-2H3. The molecule has 1 aromatic rings. The molecule has 3 rings (SSSR count). The second kappa shape index (κ2) is 5.54. The van der Waals surface area contributed by atoms with Gasteiger partial charge in [0.2, 0.25) is 0 Å². The number of anilines is 1. The van der Waals surface area contributed by atoms with E-state index in [0.717, 1.165) is 25.0 Å². The lowest BCUT2D eigenvalue weighted by atomic mass is 9.86. The Balaban J connectivity index is 1.61. The van der Waals surface area contributed by atoms with Gasteiger partial charge < -0.3 is 5.32 Å². The number of hydrogen-bond donors (Lipinski definition) is 1. The molecular weight excluding hydrogens is 232 g/mol. The van der Waals surface area contributed by atoms with Crippen molar-refractivity contribution in [3.8, 4) is 0 Å². The molecule has 0 saturated heterocycles. The zero-order chi connectivity index (χ0) is 13.2. The Kier molecular flexibility index (Phi) is 3.79. The first-order valence-electron chi connectivity index (χ1n) is 7.78. The minimum atomic E-state index is 0.789. The largest absolute Gasteiger partial charge is 0.384 e. The quantitative estimate of drug-likeness (QED) is 0.890. The second-order valence-corrected chi connectivity index (χ2v) is 6.50. The minimum Gasteiger partial charge on any atom is -0.384 e. The molecule has 2 nitrogen and oxygen atoms in total. The van der Waals surface area contributed by atoms with Crippen molar-refractivity contribution in [3.05, 3.63) is 29.3 Å². The molecule has 0 radical (unpaired) electrons. The molecule has 1 aliphatic heterocycles. The smallest absolute Gasteiger partial charge is 0.0376 e. The van der Waals surface area contributed by atoms with Crippen LogP contribution in [0.15, 0.2) is 18.2 Å². The predicted octanol–water partition coefficient (Wildman–Crippen LogP) is 3.67. The Morgan fingerprint density at radius 3 is 2.79 bits per heavy atom. The Hall–Kier alpha value is -1.02. The summed E-state index contributed by atoms with van der Waals surface area (Å²) in [4.78, 5) is 2.56. The molecule has 0 spiro atoms. The number of nitrogens with zero attached hydrogens (tertiary/aromatic N) is 1. The SMILES string of the molecule is CC1CCC(N(C)Cc2ccc3c(c2)NCC3)CC1. The minimum absolute atomic E-state index is 0.789. The maximum absolute atomic E-state index is 3.48. The average Bonchev–Trinajstić information content (AvgIpc) is 2.87. The Bertz CT molecular complexity index is 433. The van der Waals surface area contributed by atoms with E-state index < -0.39 is 0 Å². The maximum Gasteiger partial charge on any atom is 0.0376 e. The van der Waals surface area contributed by atoms with Crippen molar-refractivity contribution in [1.82, 2.24) is 4.90 Å². The third-order valence-corrected chi connectivity index (χ3v) is 4.92. The van der Waals surface area contributed by atoms with Crippen molar-refractivity contribution in [2.75, 3.05) is 18.9 Å². The van der Waals surface area contributed by atoms with E-state index in [9.17, 15) is 0 Å². The predicted molar refractivity (Wildman–Crippen MR) is 81.5 cm³/mol. The van der Waals surface area contributed by atoms with Crippen LogP contribution in [0.3, 0.4) is 0 Å². The van der Waals surface area contributed by atoms with E-state index in [-0.39, 0.29) is 0 Å². The summed E-state index contributed by atoms with van der Waals surface area (Å²) >= 11 is 0. The van der Waals surface area contributed by atoms with Crippen LogP contribution in [0.1, 0.15) is 43.7 Å². The van der Waals surface area contributed by atoms with Crippen LogP contribution in [0.2, 0.25) is 0 Å². The van der Waals surface area contributed by atoms with Gasteiger partial charge in [-0.05, 0) is 62.3 Å². The van der Waals surface area contributed by atoms with Gasteiger partial charge in [0.25, 0.3) is 0 Å². The maximum atomic E-state index is 3.48. The summed E-state index contributed by atoms with van der Waals surface area (Å²) in [6.45, 7) is 4.59. The van der Waals surface area contributed by atoms with Crippen LogP contribution < -0.4 is 5.32 Å². The van der Waals surface area contributed by atoms with Crippen molar-refractivity contribution >= 4 is 5.69 Å². The van der Waals surface area contributed by atoms with E-state index in [4.69, 9.17) is 0 Å². The fraction of sp³-hybridized carbons (Fsp3) is 0.647. The summed E-state index contributed by atoms with van der Waals surface area (Å²) < 4.78 is 0. The first kappa shape index (κ1) is 13.0. The molecule has 1 fully saturated rings. The molecule has 0 bridgehead atoms. The summed E-state index contributed by atoms with van der Waals surface area (Å²) in [6, 6.07) is 7.76. The molecule has 0 atom stereocenters. The third kappa shape index (κ3) is 2.94. The van der Waals surface area contributed by atoms with E-state index in [1.54, 1.807) is 0 Å². The van der Waals surface area contributed by atoms with Gasteiger partial charge in [0.15, 0.2) is 0 Å². The summed E-state index contributed by atoms with van der Waals surface area (Å²) in [5.74, 6) is 0.939. The lowest BCUT2D eigenvalue weighted by Crippen LogP contribution is -2.34. The van der Waals surface area contributed by atoms with Gasteiger partial charge in [-0.2, -0.15) is 0 Å². The van der Waals surface area contributed by atoms with E-state index in [1.165, 1.54) is 48.9 Å². The van der Waals surface area contributed by atoms with Crippen LogP contribution in [-0.4, -0.2) is 24.5 Å². The highest BCUT2D eigenvalue weighted by Gasteiger charge is 2.21. The molecule has 1 N–H and O–H groups in total. The summed E-state index contributed by atoms with van der Waals surface area (Å²) in [7, 11) is 2.29. The molecule has 2 aliphatic rings. The van der Waals surface area contributed by atoms with Crippen LogP contribution >= 0.6 is 0 Å². The number of nitrogens with one attached hydrogen (secondary N) is 1. The first-order valence-corrected chi connectivity index (χ1v) is 7.78. The van der Waals surface area contributed by atoms with Gasteiger partial charge in [-0.3, -0.25) is 4.90 Å². The van der Waals surface area contributed by atoms with Crippen molar-refractivity contribution in [2.24, 2.45) is 5.92 Å². The molecule has 0 aromatic heterocycles. The molecule has 0 unspecified atom stereocenters. The van der Waals surface area contributed by atoms with E-state index in [2.05, 4.69) is 42.4 Å². The average molecular weight is 258 g/mol. The highest BCUT2D eigenvalue weighted by atomic mass is 15.1.